The molecular formula is C19H30N8O. The summed E-state index contributed by atoms with van der Waals surface area (Å²) in [4.78, 5) is 19.5. The molecule has 3 rings (SSSR count). The second-order valence-corrected chi connectivity index (χ2v) is 7.69. The topological polar surface area (TPSA) is 114 Å². The van der Waals surface area contributed by atoms with Gasteiger partial charge in [-0.05, 0) is 37.7 Å². The van der Waals surface area contributed by atoms with Gasteiger partial charge in [0.05, 0.1) is 17.8 Å². The molecule has 2 aromatic heterocycles. The molecule has 1 fully saturated rings. The van der Waals surface area contributed by atoms with Crippen molar-refractivity contribution in [3.63, 3.8) is 0 Å². The molecule has 2 aromatic rings. The Kier molecular flexibility index (Phi) is 6.01. The molecule has 1 amide bonds. The van der Waals surface area contributed by atoms with Crippen LogP contribution in [0.4, 0.5) is 17.3 Å². The Morgan fingerprint density at radius 3 is 2.68 bits per heavy atom. The predicted molar refractivity (Wildman–Crippen MR) is 110 cm³/mol. The number of aryl methyl sites for hydroxylation is 1. The third kappa shape index (κ3) is 4.35. The lowest BCUT2D eigenvalue weighted by Gasteiger charge is -2.28. The normalized spacial score (nSPS) is 19.3. The Bertz CT molecular complexity index is 825. The molecule has 4 N–H and O–H groups in total. The lowest BCUT2D eigenvalue weighted by Crippen LogP contribution is -2.38. The summed E-state index contributed by atoms with van der Waals surface area (Å²) in [7, 11) is 5.52. The zero-order valence-electron chi connectivity index (χ0n) is 17.1. The van der Waals surface area contributed by atoms with Crippen molar-refractivity contribution >= 4 is 23.2 Å². The van der Waals surface area contributed by atoms with E-state index < -0.39 is 0 Å². The Labute approximate surface area is 165 Å². The highest BCUT2D eigenvalue weighted by Crippen LogP contribution is 2.28. The van der Waals surface area contributed by atoms with Crippen molar-refractivity contribution in [3.8, 4) is 0 Å². The Morgan fingerprint density at radius 1 is 1.36 bits per heavy atom. The van der Waals surface area contributed by atoms with Crippen LogP contribution >= 0.6 is 0 Å². The summed E-state index contributed by atoms with van der Waals surface area (Å²) in [6.07, 6.45) is 5.95. The maximum absolute atomic E-state index is 13.1. The Hall–Kier alpha value is -2.84. The van der Waals surface area contributed by atoms with Gasteiger partial charge in [0, 0.05) is 27.2 Å². The molecule has 0 bridgehead atoms. The summed E-state index contributed by atoms with van der Waals surface area (Å²) < 4.78 is 1.84. The third-order valence-electron chi connectivity index (χ3n) is 5.41. The van der Waals surface area contributed by atoms with Gasteiger partial charge in [0.1, 0.15) is 12.1 Å². The molecule has 1 aliphatic carbocycles. The van der Waals surface area contributed by atoms with Crippen molar-refractivity contribution in [2.24, 2.45) is 13.0 Å². The zero-order valence-corrected chi connectivity index (χ0v) is 17.1. The van der Waals surface area contributed by atoms with Crippen molar-refractivity contribution in [2.75, 3.05) is 30.0 Å². The van der Waals surface area contributed by atoms with Gasteiger partial charge in [0.25, 0.3) is 5.91 Å². The van der Waals surface area contributed by atoms with E-state index in [0.717, 1.165) is 37.4 Å². The van der Waals surface area contributed by atoms with Crippen LogP contribution in [0.15, 0.2) is 12.4 Å². The maximum Gasteiger partial charge on any atom is 0.255 e. The van der Waals surface area contributed by atoms with Gasteiger partial charge in [0.15, 0.2) is 11.6 Å². The number of amides is 1. The van der Waals surface area contributed by atoms with Crippen LogP contribution < -0.4 is 21.3 Å². The van der Waals surface area contributed by atoms with Gasteiger partial charge in [-0.25, -0.2) is 4.98 Å². The van der Waals surface area contributed by atoms with Gasteiger partial charge < -0.3 is 25.8 Å². The second kappa shape index (κ2) is 8.45. The minimum atomic E-state index is -0.138. The van der Waals surface area contributed by atoms with Gasteiger partial charge in [-0.15, -0.1) is 10.2 Å². The highest BCUT2D eigenvalue weighted by molar-refractivity contribution is 6.00. The van der Waals surface area contributed by atoms with Crippen molar-refractivity contribution in [1.82, 2.24) is 25.1 Å². The van der Waals surface area contributed by atoms with Crippen LogP contribution in [0.3, 0.4) is 0 Å². The first-order valence-electron chi connectivity index (χ1n) is 9.72. The van der Waals surface area contributed by atoms with Crippen molar-refractivity contribution in [1.29, 1.82) is 0 Å². The minimum Gasteiger partial charge on any atom is -0.396 e. The molecule has 0 aliphatic heterocycles. The quantitative estimate of drug-likeness (QED) is 0.693. The fraction of sp³-hybridized carbons (Fsp3) is 0.579. The largest absolute Gasteiger partial charge is 0.396 e. The Balaban J connectivity index is 1.85. The molecule has 9 heteroatoms. The van der Waals surface area contributed by atoms with Crippen LogP contribution in [-0.4, -0.2) is 45.8 Å². The molecule has 0 atom stereocenters. The molecule has 1 aliphatic rings. The molecule has 0 spiro atoms. The SMILES string of the molecule is CNc1nc(N(C)Cc2nncn2C)c(C(=O)N[C@H]2CC[C@H](C)CC2)cc1N. The molecule has 0 unspecified atom stereocenters. The van der Waals surface area contributed by atoms with Gasteiger partial charge in [-0.1, -0.05) is 6.92 Å². The number of hydrogen-bond acceptors (Lipinski definition) is 7. The van der Waals surface area contributed by atoms with Crippen molar-refractivity contribution in [3.05, 3.63) is 23.8 Å². The molecule has 0 aromatic carbocycles. The Morgan fingerprint density at radius 2 is 2.07 bits per heavy atom. The maximum atomic E-state index is 13.1. The summed E-state index contributed by atoms with van der Waals surface area (Å²) in [5, 5.41) is 14.2. The number of rotatable bonds is 6. The number of carbonyl (C=O) groups is 1. The van der Waals surface area contributed by atoms with E-state index in [2.05, 4.69) is 32.7 Å². The van der Waals surface area contributed by atoms with Crippen LogP contribution in [-0.2, 0) is 13.6 Å². The van der Waals surface area contributed by atoms with E-state index in [0.29, 0.717) is 29.4 Å². The summed E-state index contributed by atoms with van der Waals surface area (Å²) in [5.41, 5.74) is 7.02. The number of carbonyl (C=O) groups excluding carboxylic acids is 1. The first-order valence-corrected chi connectivity index (χ1v) is 9.72. The highest BCUT2D eigenvalue weighted by atomic mass is 16.1. The smallest absolute Gasteiger partial charge is 0.255 e. The lowest BCUT2D eigenvalue weighted by molar-refractivity contribution is 0.0923. The molecule has 2 heterocycles. The molecule has 0 saturated heterocycles. The molecule has 0 radical (unpaired) electrons. The summed E-state index contributed by atoms with van der Waals surface area (Å²) in [5.74, 6) is 2.47. The van der Waals surface area contributed by atoms with Crippen LogP contribution in [0, 0.1) is 5.92 Å². The van der Waals surface area contributed by atoms with Crippen molar-refractivity contribution in [2.45, 2.75) is 45.2 Å². The highest BCUT2D eigenvalue weighted by Gasteiger charge is 2.24. The van der Waals surface area contributed by atoms with E-state index >= 15 is 0 Å². The molecule has 28 heavy (non-hydrogen) atoms. The third-order valence-corrected chi connectivity index (χ3v) is 5.41. The number of anilines is 3. The fourth-order valence-corrected chi connectivity index (χ4v) is 3.58. The first-order chi connectivity index (χ1) is 13.4. The minimum absolute atomic E-state index is 0.138. The van der Waals surface area contributed by atoms with E-state index in [1.165, 1.54) is 0 Å². The number of nitrogens with two attached hydrogens (primary N) is 1. The van der Waals surface area contributed by atoms with Crippen LogP contribution in [0.5, 0.6) is 0 Å². The van der Waals surface area contributed by atoms with Gasteiger partial charge in [-0.2, -0.15) is 0 Å². The van der Waals surface area contributed by atoms with E-state index in [9.17, 15) is 4.79 Å². The van der Waals surface area contributed by atoms with Crippen LogP contribution in [0.2, 0.25) is 0 Å². The first kappa shape index (κ1) is 19.9. The number of aromatic nitrogens is 4. The van der Waals surface area contributed by atoms with E-state index in [1.54, 1.807) is 19.4 Å². The number of pyridine rings is 1. The monoisotopic (exact) mass is 386 g/mol. The number of hydrogen-bond donors (Lipinski definition) is 3. The predicted octanol–water partition coefficient (Wildman–Crippen LogP) is 1.78. The number of nitrogens with zero attached hydrogens (tertiary/aromatic N) is 5. The fourth-order valence-electron chi connectivity index (χ4n) is 3.58. The average molecular weight is 387 g/mol. The molecule has 1 saturated carbocycles. The standard InChI is InChI=1S/C19H30N8O/c1-12-5-7-13(8-6-12)23-19(28)14-9-15(20)17(21-2)24-18(14)26(3)10-16-25-22-11-27(16)4/h9,11-13H,5-8,10,20H2,1-4H3,(H,21,24)(H,23,28)/t12-,13-. The van der Waals surface area contributed by atoms with Gasteiger partial charge in [-0.3, -0.25) is 4.79 Å². The van der Waals surface area contributed by atoms with Gasteiger partial charge in [0.2, 0.25) is 0 Å². The number of nitrogens with one attached hydrogen (secondary N) is 2. The van der Waals surface area contributed by atoms with E-state index in [1.807, 2.05) is 23.6 Å². The van der Waals surface area contributed by atoms with E-state index in [-0.39, 0.29) is 11.9 Å². The summed E-state index contributed by atoms with van der Waals surface area (Å²) in [6, 6.07) is 1.90. The average Bonchev–Trinajstić information content (AvgIpc) is 3.07. The van der Waals surface area contributed by atoms with E-state index in [4.69, 9.17) is 5.73 Å². The zero-order chi connectivity index (χ0) is 20.3. The van der Waals surface area contributed by atoms with Crippen LogP contribution in [0.1, 0.15) is 48.8 Å². The number of nitrogen functional groups attached to an aromatic ring is 1. The molecule has 152 valence electrons. The molecular weight excluding hydrogens is 356 g/mol. The lowest BCUT2D eigenvalue weighted by atomic mass is 9.87. The van der Waals surface area contributed by atoms with Crippen molar-refractivity contribution < 1.29 is 4.79 Å². The summed E-state index contributed by atoms with van der Waals surface area (Å²) >= 11 is 0. The molecule has 9 nitrogen and oxygen atoms in total. The van der Waals surface area contributed by atoms with Crippen LogP contribution in [0.25, 0.3) is 0 Å². The van der Waals surface area contributed by atoms with Gasteiger partial charge >= 0.3 is 0 Å². The summed E-state index contributed by atoms with van der Waals surface area (Å²) in [6.45, 7) is 2.73. The second-order valence-electron chi connectivity index (χ2n) is 7.69.